The van der Waals surface area contributed by atoms with Crippen LogP contribution in [0.25, 0.3) is 0 Å². The van der Waals surface area contributed by atoms with Crippen LogP contribution >= 0.6 is 0 Å². The Bertz CT molecular complexity index is 373. The van der Waals surface area contributed by atoms with E-state index in [9.17, 15) is 9.90 Å². The lowest BCUT2D eigenvalue weighted by molar-refractivity contribution is 0.0520. The summed E-state index contributed by atoms with van der Waals surface area (Å²) in [6, 6.07) is 4.49. The Morgan fingerprint density at radius 3 is 2.75 bits per heavy atom. The molecule has 0 heterocycles. The van der Waals surface area contributed by atoms with Gasteiger partial charge in [0, 0.05) is 12.2 Å². The zero-order valence-corrected chi connectivity index (χ0v) is 9.69. The van der Waals surface area contributed by atoms with Crippen molar-refractivity contribution in [2.24, 2.45) is 0 Å². The van der Waals surface area contributed by atoms with Crippen LogP contribution in [-0.2, 0) is 4.74 Å². The molecule has 4 heteroatoms. The summed E-state index contributed by atoms with van der Waals surface area (Å²) in [5, 5.41) is 9.39. The van der Waals surface area contributed by atoms with Crippen molar-refractivity contribution < 1.29 is 19.4 Å². The Morgan fingerprint density at radius 1 is 1.50 bits per heavy atom. The lowest BCUT2D eigenvalue weighted by Crippen LogP contribution is -2.20. The number of aromatic hydroxyl groups is 1. The van der Waals surface area contributed by atoms with E-state index in [1.807, 2.05) is 6.92 Å². The lowest BCUT2D eigenvalue weighted by atomic mass is 10.1. The molecule has 0 saturated heterocycles. The molecule has 1 aromatic rings. The Morgan fingerprint density at radius 2 is 2.19 bits per heavy atom. The normalized spacial score (nSPS) is 12.2. The molecule has 1 aromatic carbocycles. The second-order valence-corrected chi connectivity index (χ2v) is 3.35. The molecule has 1 atom stereocenters. The molecular weight excluding hydrogens is 208 g/mol. The van der Waals surface area contributed by atoms with Gasteiger partial charge in [-0.15, -0.1) is 0 Å². The number of ketones is 1. The number of rotatable bonds is 5. The van der Waals surface area contributed by atoms with E-state index in [0.29, 0.717) is 12.2 Å². The highest BCUT2D eigenvalue weighted by Crippen LogP contribution is 2.26. The van der Waals surface area contributed by atoms with Gasteiger partial charge >= 0.3 is 0 Å². The van der Waals surface area contributed by atoms with Crippen LogP contribution in [0, 0.1) is 0 Å². The molecule has 1 rings (SSSR count). The Labute approximate surface area is 94.8 Å². The van der Waals surface area contributed by atoms with Crippen LogP contribution in [0.1, 0.15) is 24.2 Å². The summed E-state index contributed by atoms with van der Waals surface area (Å²) in [6.45, 7) is 4.02. The fourth-order valence-corrected chi connectivity index (χ4v) is 1.39. The summed E-state index contributed by atoms with van der Waals surface area (Å²) in [7, 11) is 1.44. The predicted octanol–water partition coefficient (Wildman–Crippen LogP) is 2.01. The van der Waals surface area contributed by atoms with Gasteiger partial charge in [-0.3, -0.25) is 4.79 Å². The number of carbonyl (C=O) groups is 1. The fraction of sp³-hybridized carbons (Fsp3) is 0.417. The molecule has 1 N–H and O–H groups in total. The van der Waals surface area contributed by atoms with E-state index in [1.54, 1.807) is 13.0 Å². The van der Waals surface area contributed by atoms with Crippen LogP contribution in [0.15, 0.2) is 18.2 Å². The third-order valence-electron chi connectivity index (χ3n) is 2.25. The van der Waals surface area contributed by atoms with Gasteiger partial charge in [0.2, 0.25) is 0 Å². The minimum Gasteiger partial charge on any atom is -0.504 e. The van der Waals surface area contributed by atoms with Gasteiger partial charge < -0.3 is 14.6 Å². The summed E-state index contributed by atoms with van der Waals surface area (Å²) in [5.74, 6) is 0.179. The van der Waals surface area contributed by atoms with Gasteiger partial charge in [-0.05, 0) is 32.0 Å². The topological polar surface area (TPSA) is 55.8 Å². The Balaban J connectivity index is 2.92. The molecule has 88 valence electrons. The van der Waals surface area contributed by atoms with Gasteiger partial charge in [-0.1, -0.05) is 0 Å². The van der Waals surface area contributed by atoms with Crippen LogP contribution in [0.4, 0.5) is 0 Å². The minimum absolute atomic E-state index is 0.0168. The van der Waals surface area contributed by atoms with Crippen LogP contribution < -0.4 is 4.74 Å². The molecule has 0 aliphatic rings. The first-order valence-electron chi connectivity index (χ1n) is 5.13. The molecule has 0 fully saturated rings. The largest absolute Gasteiger partial charge is 0.504 e. The van der Waals surface area contributed by atoms with E-state index >= 15 is 0 Å². The highest BCUT2D eigenvalue weighted by molar-refractivity contribution is 5.99. The van der Waals surface area contributed by atoms with Crippen LogP contribution in [0.2, 0.25) is 0 Å². The summed E-state index contributed by atoms with van der Waals surface area (Å²) in [5.41, 5.74) is 0.468. The predicted molar refractivity (Wildman–Crippen MR) is 60.1 cm³/mol. The van der Waals surface area contributed by atoms with E-state index in [2.05, 4.69) is 0 Å². The maximum atomic E-state index is 11.9. The number of ether oxygens (including phenoxy) is 2. The monoisotopic (exact) mass is 224 g/mol. The number of benzene rings is 1. The second kappa shape index (κ2) is 5.51. The van der Waals surface area contributed by atoms with Crippen molar-refractivity contribution in [2.75, 3.05) is 13.7 Å². The number of hydrogen-bond acceptors (Lipinski definition) is 4. The van der Waals surface area contributed by atoms with Crippen molar-refractivity contribution in [2.45, 2.75) is 20.0 Å². The highest BCUT2D eigenvalue weighted by atomic mass is 16.5. The average Bonchev–Trinajstić information content (AvgIpc) is 2.29. The van der Waals surface area contributed by atoms with Crippen LogP contribution in [0.5, 0.6) is 11.5 Å². The smallest absolute Gasteiger partial charge is 0.191 e. The number of carbonyl (C=O) groups excluding carboxylic acids is 1. The summed E-state index contributed by atoms with van der Waals surface area (Å²) in [6.07, 6.45) is -0.487. The molecule has 16 heavy (non-hydrogen) atoms. The summed E-state index contributed by atoms with van der Waals surface area (Å²) in [4.78, 5) is 11.9. The van der Waals surface area contributed by atoms with Crippen molar-refractivity contribution in [1.82, 2.24) is 0 Å². The standard InChI is InChI=1S/C12H16O4/c1-4-16-8(2)12(14)9-5-6-10(13)11(7-9)15-3/h5-8,13H,4H2,1-3H3. The third-order valence-corrected chi connectivity index (χ3v) is 2.25. The maximum Gasteiger partial charge on any atom is 0.191 e. The summed E-state index contributed by atoms with van der Waals surface area (Å²) < 4.78 is 10.1. The number of phenolic OH excluding ortho intramolecular Hbond substituents is 1. The van der Waals surface area contributed by atoms with E-state index in [-0.39, 0.29) is 17.3 Å². The van der Waals surface area contributed by atoms with Crippen molar-refractivity contribution in [3.63, 3.8) is 0 Å². The average molecular weight is 224 g/mol. The van der Waals surface area contributed by atoms with Crippen LogP contribution in [-0.4, -0.2) is 30.7 Å². The van der Waals surface area contributed by atoms with Gasteiger partial charge in [0.15, 0.2) is 17.3 Å². The van der Waals surface area contributed by atoms with Gasteiger partial charge in [-0.25, -0.2) is 0 Å². The van der Waals surface area contributed by atoms with Gasteiger partial charge in [0.05, 0.1) is 7.11 Å². The number of Topliss-reactive ketones (excluding diaryl/α,β-unsaturated/α-hetero) is 1. The van der Waals surface area contributed by atoms with Crippen molar-refractivity contribution in [3.05, 3.63) is 23.8 Å². The first kappa shape index (κ1) is 12.5. The third kappa shape index (κ3) is 2.73. The number of methoxy groups -OCH3 is 1. The molecule has 0 radical (unpaired) electrons. The molecule has 0 aromatic heterocycles. The van der Waals surface area contributed by atoms with Crippen molar-refractivity contribution in [3.8, 4) is 11.5 Å². The molecular formula is C12H16O4. The zero-order chi connectivity index (χ0) is 12.1. The molecule has 0 saturated carbocycles. The summed E-state index contributed by atoms with van der Waals surface area (Å²) >= 11 is 0. The van der Waals surface area contributed by atoms with E-state index in [4.69, 9.17) is 9.47 Å². The van der Waals surface area contributed by atoms with Gasteiger partial charge in [0.1, 0.15) is 6.10 Å². The highest BCUT2D eigenvalue weighted by Gasteiger charge is 2.16. The zero-order valence-electron chi connectivity index (χ0n) is 9.69. The molecule has 0 amide bonds. The fourth-order valence-electron chi connectivity index (χ4n) is 1.39. The molecule has 0 bridgehead atoms. The van der Waals surface area contributed by atoms with Crippen LogP contribution in [0.3, 0.4) is 0 Å². The van der Waals surface area contributed by atoms with Gasteiger partial charge in [-0.2, -0.15) is 0 Å². The number of phenols is 1. The maximum absolute atomic E-state index is 11.9. The lowest BCUT2D eigenvalue weighted by Gasteiger charge is -2.11. The molecule has 0 aliphatic heterocycles. The van der Waals surface area contributed by atoms with E-state index < -0.39 is 6.10 Å². The molecule has 0 spiro atoms. The first-order valence-corrected chi connectivity index (χ1v) is 5.13. The minimum atomic E-state index is -0.487. The van der Waals surface area contributed by atoms with E-state index in [1.165, 1.54) is 19.2 Å². The molecule has 4 nitrogen and oxygen atoms in total. The first-order chi connectivity index (χ1) is 7.60. The SMILES string of the molecule is CCOC(C)C(=O)c1ccc(O)c(OC)c1. The van der Waals surface area contributed by atoms with Crippen molar-refractivity contribution >= 4 is 5.78 Å². The van der Waals surface area contributed by atoms with Crippen molar-refractivity contribution in [1.29, 1.82) is 0 Å². The molecule has 1 unspecified atom stereocenters. The molecule has 0 aliphatic carbocycles. The second-order valence-electron chi connectivity index (χ2n) is 3.35. The van der Waals surface area contributed by atoms with E-state index in [0.717, 1.165) is 0 Å². The quantitative estimate of drug-likeness (QED) is 0.777. The Hall–Kier alpha value is -1.55. The van der Waals surface area contributed by atoms with Gasteiger partial charge in [0.25, 0.3) is 0 Å². The Kier molecular flexibility index (Phi) is 4.31. The number of hydrogen-bond donors (Lipinski definition) is 1.